The van der Waals surface area contributed by atoms with Crippen LogP contribution < -0.4 is 11.1 Å². The van der Waals surface area contributed by atoms with E-state index in [9.17, 15) is 19.2 Å². The number of ether oxygens (including phenoxy) is 2. The molecular weight excluding hydrogens is 733 g/mol. The van der Waals surface area contributed by atoms with E-state index in [1.807, 2.05) is 42.4 Å². The van der Waals surface area contributed by atoms with Crippen molar-refractivity contribution in [2.45, 2.75) is 0 Å². The SMILES string of the molecule is COC([NH-])=O.COC([NH-])=O.[CH2-]c1cc2cc(C#Cc3cnc(P[C-]=O)[nH]3)ccc2cc1-c1[c-]nc(P[C-]=O)[nH]1.[V+2].[V+2].[Y]. The van der Waals surface area contributed by atoms with Crippen LogP contribution >= 0.6 is 17.2 Å². The summed E-state index contributed by atoms with van der Waals surface area (Å²) < 4.78 is 7.56. The van der Waals surface area contributed by atoms with Crippen LogP contribution in [0.25, 0.3) is 33.5 Å². The first kappa shape index (κ1) is 41.7. The van der Waals surface area contributed by atoms with Crippen LogP contribution in [0.5, 0.6) is 0 Å². The Kier molecular flexibility index (Phi) is 22.0. The number of nitrogens with zero attached hydrogens (tertiary/aromatic N) is 2. The zero-order chi connectivity index (χ0) is 28.8. The van der Waals surface area contributed by atoms with Crippen molar-refractivity contribution in [2.75, 3.05) is 14.2 Å². The van der Waals surface area contributed by atoms with Crippen molar-refractivity contribution in [1.29, 1.82) is 0 Å². The van der Waals surface area contributed by atoms with Gasteiger partial charge in [0.15, 0.2) is 0 Å². The minimum absolute atomic E-state index is 0. The number of nitrogens with one attached hydrogen (secondary N) is 4. The minimum Gasteiger partial charge on any atom is -0.632 e. The Balaban J connectivity index is 0. The van der Waals surface area contributed by atoms with Gasteiger partial charge in [-0.25, -0.2) is 25.6 Å². The molecule has 0 saturated carbocycles. The molecule has 0 spiro atoms. The fourth-order valence-electron chi connectivity index (χ4n) is 2.81. The third-order valence-electron chi connectivity index (χ3n) is 4.48. The van der Waals surface area contributed by atoms with Crippen molar-refractivity contribution >= 4 is 63.3 Å². The van der Waals surface area contributed by atoms with Crippen LogP contribution in [0.3, 0.4) is 0 Å². The van der Waals surface area contributed by atoms with E-state index in [1.54, 1.807) is 6.20 Å². The van der Waals surface area contributed by atoms with Gasteiger partial charge >= 0.3 is 37.1 Å². The first-order chi connectivity index (χ1) is 18.7. The zero-order valence-electron chi connectivity index (χ0n) is 22.0. The van der Waals surface area contributed by atoms with E-state index in [0.29, 0.717) is 22.5 Å². The minimum atomic E-state index is -0.995. The average Bonchev–Trinajstić information content (AvgIpc) is 3.57. The van der Waals surface area contributed by atoms with Gasteiger partial charge in [0, 0.05) is 38.3 Å². The summed E-state index contributed by atoms with van der Waals surface area (Å²) in [4.78, 5) is 53.7. The molecule has 2 atom stereocenters. The van der Waals surface area contributed by atoms with Gasteiger partial charge < -0.3 is 45.5 Å². The molecule has 0 bridgehead atoms. The average molecular weight is 753 g/mol. The van der Waals surface area contributed by atoms with Crippen molar-refractivity contribution in [3.63, 3.8) is 0 Å². The molecule has 2 aromatic carbocycles. The van der Waals surface area contributed by atoms with Gasteiger partial charge in [0.05, 0.1) is 26.0 Å². The van der Waals surface area contributed by atoms with E-state index >= 15 is 0 Å². The van der Waals surface area contributed by atoms with Crippen LogP contribution in [0.4, 0.5) is 9.59 Å². The topological polar surface area (TPSA) is 192 Å². The maximum absolute atomic E-state index is 10.5. The molecule has 211 valence electrons. The van der Waals surface area contributed by atoms with Gasteiger partial charge in [-0.2, -0.15) is 27.1 Å². The van der Waals surface area contributed by atoms with Gasteiger partial charge in [-0.05, 0) is 22.9 Å². The Morgan fingerprint density at radius 1 is 0.952 bits per heavy atom. The van der Waals surface area contributed by atoms with Crippen molar-refractivity contribution in [3.05, 3.63) is 77.9 Å². The molecule has 2 heterocycles. The third kappa shape index (κ3) is 14.2. The number of carbonyl (C=O) groups is 2. The molecule has 0 aliphatic rings. The fourth-order valence-corrected chi connectivity index (χ4v) is 3.63. The van der Waals surface area contributed by atoms with Crippen molar-refractivity contribution < 1.29 is 98.5 Å². The first-order valence-electron chi connectivity index (χ1n) is 10.5. The second-order valence-corrected chi connectivity index (χ2v) is 8.83. The summed E-state index contributed by atoms with van der Waals surface area (Å²) in [6, 6.07) is 13.6. The van der Waals surface area contributed by atoms with E-state index in [2.05, 4.69) is 54.4 Å². The molecule has 0 aliphatic heterocycles. The van der Waals surface area contributed by atoms with E-state index in [-0.39, 0.29) is 87.0 Å². The molecule has 4 N–H and O–H groups in total. The summed E-state index contributed by atoms with van der Waals surface area (Å²) in [5.74, 6) is 6.11. The van der Waals surface area contributed by atoms with Gasteiger partial charge in [-0.15, -0.1) is 11.6 Å². The number of amides is 2. The van der Waals surface area contributed by atoms with Gasteiger partial charge in [0.25, 0.3) is 0 Å². The monoisotopic (exact) mass is 753 g/mol. The number of rotatable bonds is 5. The number of aromatic amines is 2. The number of imidazole rings is 2. The quantitative estimate of drug-likeness (QED) is 0.175. The standard InChI is InChI=1S/C21H12N4O2P2.2C2H5NO2.2V.Y/c1-13-6-16-7-14(3-5-17-9-22-20(24-17)28-11-26)2-4-15(16)8-18(13)19-10-23-21(25-19)29-12-27;2*1-5-2(3)4;;;/h2,4,6-9,28-29H,1H2,(H,22,24)(H,23,25);2*1H3,(H2,3,4);;;/q-4;;;2*+2;/p-2. The molecule has 4 rings (SSSR count). The van der Waals surface area contributed by atoms with Gasteiger partial charge in [-0.1, -0.05) is 35.3 Å². The van der Waals surface area contributed by atoms with Crippen LogP contribution in [0, 0.1) is 25.0 Å². The number of benzene rings is 2. The van der Waals surface area contributed by atoms with Gasteiger partial charge in [-0.3, -0.25) is 9.59 Å². The zero-order valence-corrected chi connectivity index (χ0v) is 29.6. The number of hydrogen-bond acceptors (Lipinski definition) is 8. The van der Waals surface area contributed by atoms with Crippen molar-refractivity contribution in [2.24, 2.45) is 0 Å². The van der Waals surface area contributed by atoms with Gasteiger partial charge in [0.1, 0.15) is 5.69 Å². The number of hydrogen-bond donors (Lipinski definition) is 2. The maximum atomic E-state index is 10.5. The molecule has 2 amide bonds. The number of H-pyrrole nitrogens is 2. The Hall–Kier alpha value is -2.44. The van der Waals surface area contributed by atoms with Crippen LogP contribution in [0.2, 0.25) is 0 Å². The van der Waals surface area contributed by atoms with Crippen molar-refractivity contribution in [1.82, 2.24) is 19.9 Å². The molecule has 17 heteroatoms. The Bertz CT molecular complexity index is 1530. The number of carbonyl (C=O) groups excluding carboxylic acids is 4. The summed E-state index contributed by atoms with van der Waals surface area (Å²) >= 11 is 0. The molecule has 4 aromatic rings. The predicted molar refractivity (Wildman–Crippen MR) is 150 cm³/mol. The van der Waals surface area contributed by atoms with Crippen LogP contribution in [0.15, 0.2) is 36.5 Å². The molecule has 3 radical (unpaired) electrons. The molecular formula is C25H20N6O6P2V2Y-2. The van der Waals surface area contributed by atoms with Gasteiger partial charge in [0.2, 0.25) is 12.2 Å². The molecule has 12 nitrogen and oxygen atoms in total. The second-order valence-electron chi connectivity index (χ2n) is 6.98. The predicted octanol–water partition coefficient (Wildman–Crippen LogP) is 3.68. The summed E-state index contributed by atoms with van der Waals surface area (Å²) in [5.41, 5.74) is 16.9. The second kappa shape index (κ2) is 22.1. The van der Waals surface area contributed by atoms with Crippen LogP contribution in [-0.2, 0) is 88.9 Å². The largest absolute Gasteiger partial charge is 2.00 e. The molecule has 0 fully saturated rings. The first-order valence-corrected chi connectivity index (χ1v) is 12.5. The Morgan fingerprint density at radius 3 is 2.12 bits per heavy atom. The molecule has 0 aliphatic carbocycles. The maximum Gasteiger partial charge on any atom is 2.00 e. The molecule has 2 aromatic heterocycles. The Morgan fingerprint density at radius 2 is 1.55 bits per heavy atom. The third-order valence-corrected chi connectivity index (χ3v) is 5.65. The smallest absolute Gasteiger partial charge is 0.632 e. The Labute approximate surface area is 294 Å². The van der Waals surface area contributed by atoms with E-state index in [1.165, 1.54) is 0 Å². The molecule has 42 heavy (non-hydrogen) atoms. The summed E-state index contributed by atoms with van der Waals surface area (Å²) in [7, 11) is 2.05. The number of methoxy groups -OCH3 is 2. The fraction of sp³-hybridized carbons (Fsp3) is 0.0800. The summed E-state index contributed by atoms with van der Waals surface area (Å²) in [5, 5.41) is 2.04. The van der Waals surface area contributed by atoms with Crippen molar-refractivity contribution in [3.8, 4) is 23.1 Å². The summed E-state index contributed by atoms with van der Waals surface area (Å²) in [6.45, 7) is 4.12. The number of aromatic nitrogens is 4. The summed E-state index contributed by atoms with van der Waals surface area (Å²) in [6.07, 6.45) is 2.51. The normalized spacial score (nSPS) is 9.38. The van der Waals surface area contributed by atoms with Crippen LogP contribution in [-0.4, -0.2) is 58.4 Å². The van der Waals surface area contributed by atoms with Crippen LogP contribution in [0.1, 0.15) is 16.8 Å². The van der Waals surface area contributed by atoms with E-state index in [0.717, 1.165) is 41.7 Å². The molecule has 0 saturated heterocycles. The van der Waals surface area contributed by atoms with E-state index < -0.39 is 12.2 Å². The number of fused-ring (bicyclic) bond motifs is 1. The van der Waals surface area contributed by atoms with E-state index in [4.69, 9.17) is 11.5 Å². The molecule has 2 unspecified atom stereocenters.